The first kappa shape index (κ1) is 11.0. The van der Waals surface area contributed by atoms with Crippen molar-refractivity contribution >= 4 is 5.82 Å². The quantitative estimate of drug-likeness (QED) is 0.774. The van der Waals surface area contributed by atoms with E-state index in [-0.39, 0.29) is 6.04 Å². The second-order valence-corrected chi connectivity index (χ2v) is 4.02. The number of aryl methyl sites for hydroxylation is 1. The Morgan fingerprint density at radius 3 is 2.43 bits per heavy atom. The summed E-state index contributed by atoms with van der Waals surface area (Å²) >= 11 is 0. The predicted octanol–water partition coefficient (Wildman–Crippen LogP) is 2.23. The Morgan fingerprint density at radius 2 is 2.00 bits per heavy atom. The molecule has 0 saturated carbocycles. The van der Waals surface area contributed by atoms with Gasteiger partial charge < -0.3 is 11.1 Å². The van der Waals surface area contributed by atoms with Gasteiger partial charge in [-0.05, 0) is 44.9 Å². The van der Waals surface area contributed by atoms with Crippen LogP contribution in [-0.2, 0) is 0 Å². The lowest BCUT2D eigenvalue weighted by Gasteiger charge is -2.13. The molecule has 0 aliphatic carbocycles. The van der Waals surface area contributed by atoms with Crippen molar-refractivity contribution in [1.29, 1.82) is 0 Å². The topological polar surface area (TPSA) is 50.9 Å². The molecule has 0 spiro atoms. The summed E-state index contributed by atoms with van der Waals surface area (Å²) in [4.78, 5) is 4.35. The van der Waals surface area contributed by atoms with E-state index in [4.69, 9.17) is 5.73 Å². The smallest absolute Gasteiger partial charge is 0.129 e. The highest BCUT2D eigenvalue weighted by atomic mass is 15.0. The minimum atomic E-state index is 0.0503. The molecule has 0 aromatic carbocycles. The standard InChI is InChI=1S/C11H19N3/c1-7(2)14-11-8(3)5-10(6-13-11)9(4)12/h5-7,9H,12H2,1-4H3,(H,13,14)/t9-/m0/s1. The Labute approximate surface area is 85.7 Å². The summed E-state index contributed by atoms with van der Waals surface area (Å²) in [5, 5.41) is 3.29. The number of pyridine rings is 1. The minimum Gasteiger partial charge on any atom is -0.368 e. The lowest BCUT2D eigenvalue weighted by molar-refractivity contribution is 0.807. The largest absolute Gasteiger partial charge is 0.368 e. The number of aromatic nitrogens is 1. The van der Waals surface area contributed by atoms with E-state index in [1.165, 1.54) is 0 Å². The summed E-state index contributed by atoms with van der Waals surface area (Å²) in [6.07, 6.45) is 1.84. The van der Waals surface area contributed by atoms with E-state index in [2.05, 4.69) is 30.2 Å². The van der Waals surface area contributed by atoms with Gasteiger partial charge in [-0.1, -0.05) is 0 Å². The average molecular weight is 193 g/mol. The molecule has 3 heteroatoms. The molecule has 3 N–H and O–H groups in total. The van der Waals surface area contributed by atoms with Crippen molar-refractivity contribution < 1.29 is 0 Å². The Morgan fingerprint density at radius 1 is 1.36 bits per heavy atom. The molecule has 1 aromatic heterocycles. The normalized spacial score (nSPS) is 13.0. The van der Waals surface area contributed by atoms with Gasteiger partial charge in [0.15, 0.2) is 0 Å². The third kappa shape index (κ3) is 2.70. The lowest BCUT2D eigenvalue weighted by atomic mass is 10.1. The van der Waals surface area contributed by atoms with E-state index in [0.29, 0.717) is 6.04 Å². The van der Waals surface area contributed by atoms with Gasteiger partial charge in [0.2, 0.25) is 0 Å². The van der Waals surface area contributed by atoms with E-state index >= 15 is 0 Å². The van der Waals surface area contributed by atoms with E-state index in [1.54, 1.807) is 0 Å². The first-order valence-electron chi connectivity index (χ1n) is 4.99. The maximum absolute atomic E-state index is 5.77. The lowest BCUT2D eigenvalue weighted by Crippen LogP contribution is -2.13. The zero-order chi connectivity index (χ0) is 10.7. The van der Waals surface area contributed by atoms with Gasteiger partial charge >= 0.3 is 0 Å². The monoisotopic (exact) mass is 193 g/mol. The molecule has 0 unspecified atom stereocenters. The molecule has 1 rings (SSSR count). The molecule has 1 aromatic rings. The summed E-state index contributed by atoms with van der Waals surface area (Å²) < 4.78 is 0. The third-order valence-electron chi connectivity index (χ3n) is 2.05. The van der Waals surface area contributed by atoms with Gasteiger partial charge in [-0.2, -0.15) is 0 Å². The molecule has 78 valence electrons. The second-order valence-electron chi connectivity index (χ2n) is 4.02. The molecular formula is C11H19N3. The fourth-order valence-electron chi connectivity index (χ4n) is 1.27. The van der Waals surface area contributed by atoms with Gasteiger partial charge in [0.05, 0.1) is 0 Å². The highest BCUT2D eigenvalue weighted by molar-refractivity contribution is 5.45. The van der Waals surface area contributed by atoms with Crippen LogP contribution in [0.2, 0.25) is 0 Å². The Bertz CT molecular complexity index is 305. The fourth-order valence-corrected chi connectivity index (χ4v) is 1.27. The van der Waals surface area contributed by atoms with Gasteiger partial charge in [0.25, 0.3) is 0 Å². The fraction of sp³-hybridized carbons (Fsp3) is 0.545. The summed E-state index contributed by atoms with van der Waals surface area (Å²) in [6.45, 7) is 8.21. The van der Waals surface area contributed by atoms with Crippen LogP contribution in [0, 0.1) is 6.92 Å². The first-order chi connectivity index (χ1) is 6.50. The second kappa shape index (κ2) is 4.42. The Kier molecular flexibility index (Phi) is 3.47. The number of hydrogen-bond acceptors (Lipinski definition) is 3. The van der Waals surface area contributed by atoms with Crippen molar-refractivity contribution in [3.8, 4) is 0 Å². The van der Waals surface area contributed by atoms with Crippen LogP contribution in [-0.4, -0.2) is 11.0 Å². The number of nitrogens with zero attached hydrogens (tertiary/aromatic N) is 1. The van der Waals surface area contributed by atoms with Gasteiger partial charge in [0, 0.05) is 18.3 Å². The minimum absolute atomic E-state index is 0.0503. The van der Waals surface area contributed by atoms with Crippen LogP contribution in [0.3, 0.4) is 0 Å². The zero-order valence-corrected chi connectivity index (χ0v) is 9.33. The van der Waals surface area contributed by atoms with Crippen LogP contribution in [0.4, 0.5) is 5.82 Å². The summed E-state index contributed by atoms with van der Waals surface area (Å²) in [5.41, 5.74) is 8.00. The van der Waals surface area contributed by atoms with Crippen LogP contribution in [0.15, 0.2) is 12.3 Å². The number of hydrogen-bond donors (Lipinski definition) is 2. The average Bonchev–Trinajstić information content (AvgIpc) is 2.07. The predicted molar refractivity (Wildman–Crippen MR) is 60.3 cm³/mol. The Balaban J connectivity index is 2.90. The van der Waals surface area contributed by atoms with Crippen molar-refractivity contribution in [2.45, 2.75) is 39.8 Å². The van der Waals surface area contributed by atoms with E-state index in [0.717, 1.165) is 16.9 Å². The third-order valence-corrected chi connectivity index (χ3v) is 2.05. The maximum atomic E-state index is 5.77. The van der Waals surface area contributed by atoms with Crippen LogP contribution in [0.1, 0.15) is 37.9 Å². The van der Waals surface area contributed by atoms with Gasteiger partial charge in [-0.3, -0.25) is 0 Å². The number of anilines is 1. The molecule has 14 heavy (non-hydrogen) atoms. The van der Waals surface area contributed by atoms with Crippen molar-refractivity contribution in [3.63, 3.8) is 0 Å². The zero-order valence-electron chi connectivity index (χ0n) is 9.33. The van der Waals surface area contributed by atoms with Crippen molar-refractivity contribution in [2.75, 3.05) is 5.32 Å². The molecule has 0 amide bonds. The first-order valence-corrected chi connectivity index (χ1v) is 4.99. The molecular weight excluding hydrogens is 174 g/mol. The molecule has 3 nitrogen and oxygen atoms in total. The van der Waals surface area contributed by atoms with Gasteiger partial charge in [-0.25, -0.2) is 4.98 Å². The molecule has 1 heterocycles. The summed E-state index contributed by atoms with van der Waals surface area (Å²) in [5.74, 6) is 0.949. The molecule has 0 saturated heterocycles. The molecule has 0 radical (unpaired) electrons. The van der Waals surface area contributed by atoms with Crippen molar-refractivity contribution in [2.24, 2.45) is 5.73 Å². The van der Waals surface area contributed by atoms with Crippen LogP contribution >= 0.6 is 0 Å². The SMILES string of the molecule is Cc1cc([C@H](C)N)cnc1NC(C)C. The van der Waals surface area contributed by atoms with Crippen LogP contribution in [0.25, 0.3) is 0 Å². The van der Waals surface area contributed by atoms with Crippen molar-refractivity contribution in [1.82, 2.24) is 4.98 Å². The maximum Gasteiger partial charge on any atom is 0.129 e. The summed E-state index contributed by atoms with van der Waals surface area (Å²) in [6, 6.07) is 2.54. The number of nitrogens with two attached hydrogens (primary N) is 1. The molecule has 0 bridgehead atoms. The molecule has 0 fully saturated rings. The number of nitrogens with one attached hydrogen (secondary N) is 1. The van der Waals surface area contributed by atoms with E-state index in [9.17, 15) is 0 Å². The number of rotatable bonds is 3. The van der Waals surface area contributed by atoms with E-state index in [1.807, 2.05) is 20.0 Å². The van der Waals surface area contributed by atoms with E-state index < -0.39 is 0 Å². The van der Waals surface area contributed by atoms with Crippen LogP contribution in [0.5, 0.6) is 0 Å². The summed E-state index contributed by atoms with van der Waals surface area (Å²) in [7, 11) is 0. The molecule has 0 aliphatic heterocycles. The highest BCUT2D eigenvalue weighted by Crippen LogP contribution is 2.16. The molecule has 1 atom stereocenters. The van der Waals surface area contributed by atoms with Crippen LogP contribution < -0.4 is 11.1 Å². The highest BCUT2D eigenvalue weighted by Gasteiger charge is 2.05. The van der Waals surface area contributed by atoms with Gasteiger partial charge in [0.1, 0.15) is 5.82 Å². The van der Waals surface area contributed by atoms with Gasteiger partial charge in [-0.15, -0.1) is 0 Å². The van der Waals surface area contributed by atoms with Crippen molar-refractivity contribution in [3.05, 3.63) is 23.4 Å². The molecule has 0 aliphatic rings. The Hall–Kier alpha value is -1.09.